The van der Waals surface area contributed by atoms with Crippen LogP contribution in [0, 0.1) is 0 Å². The number of benzene rings is 2. The molecule has 2 aromatic carbocycles. The second kappa shape index (κ2) is 10.5. The van der Waals surface area contributed by atoms with Gasteiger partial charge in [0, 0.05) is 11.4 Å². The van der Waals surface area contributed by atoms with Crippen LogP contribution in [-0.4, -0.2) is 37.0 Å². The summed E-state index contributed by atoms with van der Waals surface area (Å²) in [7, 11) is 0. The molecule has 0 unspecified atom stereocenters. The second-order valence-electron chi connectivity index (χ2n) is 5.50. The van der Waals surface area contributed by atoms with Gasteiger partial charge in [-0.2, -0.15) is 0 Å². The fourth-order valence-electron chi connectivity index (χ4n) is 2.11. The molecule has 0 aliphatic heterocycles. The zero-order chi connectivity index (χ0) is 21.2. The molecule has 2 N–H and O–H groups in total. The van der Waals surface area contributed by atoms with Crippen LogP contribution in [0.15, 0.2) is 48.5 Å². The standard InChI is InChI=1S/C20H20N2O7/c1-3-27-19(25)17(23)21-13-5-9-15(10-6-13)29-16-11-7-14(8-12-16)22-18(24)20(26)28-4-2/h5-12H,3-4H2,1-2H3,(H,21,23)(H,22,24). The molecule has 0 aromatic heterocycles. The van der Waals surface area contributed by atoms with Gasteiger partial charge in [-0.25, -0.2) is 9.59 Å². The molecule has 9 nitrogen and oxygen atoms in total. The Kier molecular flexibility index (Phi) is 7.72. The highest BCUT2D eigenvalue weighted by atomic mass is 16.5. The number of carbonyl (C=O) groups excluding carboxylic acids is 4. The molecule has 29 heavy (non-hydrogen) atoms. The monoisotopic (exact) mass is 400 g/mol. The van der Waals surface area contributed by atoms with Gasteiger partial charge in [0.15, 0.2) is 0 Å². The summed E-state index contributed by atoms with van der Waals surface area (Å²) < 4.78 is 14.9. The number of nitrogens with one attached hydrogen (secondary N) is 2. The molecule has 0 spiro atoms. The van der Waals surface area contributed by atoms with Crippen LogP contribution in [0.4, 0.5) is 11.4 Å². The minimum Gasteiger partial charge on any atom is -0.459 e. The number of anilines is 2. The molecule has 152 valence electrons. The lowest BCUT2D eigenvalue weighted by Gasteiger charge is -2.09. The molecule has 2 aromatic rings. The third kappa shape index (κ3) is 6.65. The highest BCUT2D eigenvalue weighted by Crippen LogP contribution is 2.24. The smallest absolute Gasteiger partial charge is 0.397 e. The van der Waals surface area contributed by atoms with Crippen LogP contribution in [0.5, 0.6) is 11.5 Å². The van der Waals surface area contributed by atoms with E-state index in [1.807, 2.05) is 0 Å². The quantitative estimate of drug-likeness (QED) is 0.564. The van der Waals surface area contributed by atoms with Crippen LogP contribution in [0.1, 0.15) is 13.8 Å². The van der Waals surface area contributed by atoms with Gasteiger partial charge < -0.3 is 24.8 Å². The summed E-state index contributed by atoms with van der Waals surface area (Å²) in [6.45, 7) is 3.45. The van der Waals surface area contributed by atoms with E-state index in [2.05, 4.69) is 20.1 Å². The maximum absolute atomic E-state index is 11.6. The van der Waals surface area contributed by atoms with Crippen LogP contribution in [0.3, 0.4) is 0 Å². The van der Waals surface area contributed by atoms with Gasteiger partial charge in [0.2, 0.25) is 0 Å². The first-order chi connectivity index (χ1) is 13.9. The van der Waals surface area contributed by atoms with Crippen molar-refractivity contribution in [1.29, 1.82) is 0 Å². The Labute approximate surface area is 166 Å². The molecule has 0 aliphatic carbocycles. The molecule has 2 amide bonds. The van der Waals surface area contributed by atoms with Gasteiger partial charge in [-0.3, -0.25) is 9.59 Å². The third-order valence-electron chi connectivity index (χ3n) is 3.38. The molecule has 0 saturated carbocycles. The van der Waals surface area contributed by atoms with Crippen molar-refractivity contribution < 1.29 is 33.4 Å². The Morgan fingerprint density at radius 2 is 1.00 bits per heavy atom. The van der Waals surface area contributed by atoms with E-state index in [1.54, 1.807) is 62.4 Å². The molecule has 0 radical (unpaired) electrons. The summed E-state index contributed by atoms with van der Waals surface area (Å²) >= 11 is 0. The SMILES string of the molecule is CCOC(=O)C(=O)Nc1ccc(Oc2ccc(NC(=O)C(=O)OCC)cc2)cc1. The van der Waals surface area contributed by atoms with Gasteiger partial charge in [0.1, 0.15) is 11.5 Å². The van der Waals surface area contributed by atoms with Gasteiger partial charge in [0.25, 0.3) is 0 Å². The molecule has 0 aliphatic rings. The van der Waals surface area contributed by atoms with Crippen LogP contribution in [0.25, 0.3) is 0 Å². The third-order valence-corrected chi connectivity index (χ3v) is 3.38. The van der Waals surface area contributed by atoms with Crippen molar-refractivity contribution in [3.63, 3.8) is 0 Å². The fourth-order valence-corrected chi connectivity index (χ4v) is 2.11. The maximum Gasteiger partial charge on any atom is 0.397 e. The van der Waals surface area contributed by atoms with E-state index in [-0.39, 0.29) is 13.2 Å². The molecule has 0 fully saturated rings. The van der Waals surface area contributed by atoms with E-state index in [4.69, 9.17) is 4.74 Å². The van der Waals surface area contributed by atoms with Crippen LogP contribution in [-0.2, 0) is 28.7 Å². The molecule has 0 saturated heterocycles. The highest BCUT2D eigenvalue weighted by molar-refractivity contribution is 6.37. The van der Waals surface area contributed by atoms with Crippen molar-refractivity contribution in [2.24, 2.45) is 0 Å². The fraction of sp³-hybridized carbons (Fsp3) is 0.200. The Bertz CT molecular complexity index is 803. The van der Waals surface area contributed by atoms with Crippen molar-refractivity contribution >= 4 is 35.1 Å². The van der Waals surface area contributed by atoms with Crippen molar-refractivity contribution in [1.82, 2.24) is 0 Å². The summed E-state index contributed by atoms with van der Waals surface area (Å²) in [4.78, 5) is 45.8. The number of ether oxygens (including phenoxy) is 3. The topological polar surface area (TPSA) is 120 Å². The van der Waals surface area contributed by atoms with Gasteiger partial charge in [-0.15, -0.1) is 0 Å². The van der Waals surface area contributed by atoms with Crippen molar-refractivity contribution in [3.05, 3.63) is 48.5 Å². The summed E-state index contributed by atoms with van der Waals surface area (Å²) in [5, 5.41) is 4.83. The maximum atomic E-state index is 11.6. The number of carbonyl (C=O) groups is 4. The van der Waals surface area contributed by atoms with E-state index in [0.29, 0.717) is 22.9 Å². The Balaban J connectivity index is 1.91. The lowest BCUT2D eigenvalue weighted by molar-refractivity contribution is -0.152. The molecule has 0 heterocycles. The van der Waals surface area contributed by atoms with Crippen LogP contribution >= 0.6 is 0 Å². The number of hydrogen-bond acceptors (Lipinski definition) is 7. The van der Waals surface area contributed by atoms with Crippen molar-refractivity contribution in [2.75, 3.05) is 23.8 Å². The van der Waals surface area contributed by atoms with Gasteiger partial charge >= 0.3 is 23.8 Å². The molecule has 0 atom stereocenters. The first-order valence-electron chi connectivity index (χ1n) is 8.77. The van der Waals surface area contributed by atoms with Crippen LogP contribution in [0.2, 0.25) is 0 Å². The molecule has 0 bridgehead atoms. The average molecular weight is 400 g/mol. The van der Waals surface area contributed by atoms with Gasteiger partial charge in [-0.05, 0) is 62.4 Å². The number of hydrogen-bond donors (Lipinski definition) is 2. The minimum atomic E-state index is -0.956. The molecule has 9 heteroatoms. The second-order valence-corrected chi connectivity index (χ2v) is 5.50. The number of amides is 2. The van der Waals surface area contributed by atoms with Crippen molar-refractivity contribution in [2.45, 2.75) is 13.8 Å². The van der Waals surface area contributed by atoms with E-state index in [1.165, 1.54) is 0 Å². The normalized spacial score (nSPS) is 9.86. The van der Waals surface area contributed by atoms with E-state index >= 15 is 0 Å². The summed E-state index contributed by atoms with van der Waals surface area (Å²) in [6, 6.07) is 12.7. The number of rotatable bonds is 6. The molecular formula is C20H20N2O7. The zero-order valence-electron chi connectivity index (χ0n) is 15.9. The first kappa shape index (κ1) is 21.4. The first-order valence-corrected chi connectivity index (χ1v) is 8.77. The largest absolute Gasteiger partial charge is 0.459 e. The predicted molar refractivity (Wildman–Crippen MR) is 103 cm³/mol. The highest BCUT2D eigenvalue weighted by Gasteiger charge is 2.15. The van der Waals surface area contributed by atoms with E-state index in [9.17, 15) is 19.2 Å². The van der Waals surface area contributed by atoms with E-state index < -0.39 is 23.8 Å². The van der Waals surface area contributed by atoms with Crippen LogP contribution < -0.4 is 15.4 Å². The minimum absolute atomic E-state index is 0.115. The summed E-state index contributed by atoms with van der Waals surface area (Å²) in [6.07, 6.45) is 0. The van der Waals surface area contributed by atoms with E-state index in [0.717, 1.165) is 0 Å². The van der Waals surface area contributed by atoms with Gasteiger partial charge in [-0.1, -0.05) is 0 Å². The Hall–Kier alpha value is -3.88. The molecular weight excluding hydrogens is 380 g/mol. The van der Waals surface area contributed by atoms with Gasteiger partial charge in [0.05, 0.1) is 13.2 Å². The summed E-state index contributed by atoms with van der Waals surface area (Å²) in [5.74, 6) is -2.65. The lowest BCUT2D eigenvalue weighted by Crippen LogP contribution is -2.24. The van der Waals surface area contributed by atoms with Crippen molar-refractivity contribution in [3.8, 4) is 11.5 Å². The summed E-state index contributed by atoms with van der Waals surface area (Å²) in [5.41, 5.74) is 0.819. The predicted octanol–water partition coefficient (Wildman–Crippen LogP) is 2.48. The molecule has 2 rings (SSSR count). The number of esters is 2. The lowest BCUT2D eigenvalue weighted by atomic mass is 10.2. The average Bonchev–Trinajstić information content (AvgIpc) is 2.71. The Morgan fingerprint density at radius 3 is 1.31 bits per heavy atom. The zero-order valence-corrected chi connectivity index (χ0v) is 15.9. The Morgan fingerprint density at radius 1 is 0.655 bits per heavy atom.